The molecule has 0 aliphatic carbocycles. The number of hydrogen-bond acceptors (Lipinski definition) is 4. The molecular formula is C14H25N3O4. The van der Waals surface area contributed by atoms with E-state index < -0.39 is 12.0 Å². The van der Waals surface area contributed by atoms with E-state index in [2.05, 4.69) is 10.2 Å². The SMILES string of the molecule is CC1CN2CCCCC2CN1C(=O)N[C@@H](CCO)C(=O)O. The molecule has 0 aromatic rings. The fourth-order valence-electron chi connectivity index (χ4n) is 3.25. The average Bonchev–Trinajstić information content (AvgIpc) is 2.45. The first-order chi connectivity index (χ1) is 10.0. The van der Waals surface area contributed by atoms with E-state index in [1.807, 2.05) is 6.92 Å². The predicted octanol–water partition coefficient (Wildman–Crippen LogP) is 0.0902. The lowest BCUT2D eigenvalue weighted by atomic mass is 9.97. The molecule has 2 aliphatic heterocycles. The maximum Gasteiger partial charge on any atom is 0.326 e. The van der Waals surface area contributed by atoms with Crippen molar-refractivity contribution in [3.8, 4) is 0 Å². The van der Waals surface area contributed by atoms with Crippen molar-refractivity contribution in [1.82, 2.24) is 15.1 Å². The van der Waals surface area contributed by atoms with E-state index >= 15 is 0 Å². The smallest absolute Gasteiger partial charge is 0.326 e. The van der Waals surface area contributed by atoms with Crippen LogP contribution in [-0.2, 0) is 4.79 Å². The molecule has 0 spiro atoms. The summed E-state index contributed by atoms with van der Waals surface area (Å²) >= 11 is 0. The molecule has 3 N–H and O–H groups in total. The number of urea groups is 1. The summed E-state index contributed by atoms with van der Waals surface area (Å²) in [6.07, 6.45) is 3.52. The molecule has 2 aliphatic rings. The summed E-state index contributed by atoms with van der Waals surface area (Å²) in [5.74, 6) is -1.11. The number of fused-ring (bicyclic) bond motifs is 1. The van der Waals surface area contributed by atoms with Crippen molar-refractivity contribution in [1.29, 1.82) is 0 Å². The summed E-state index contributed by atoms with van der Waals surface area (Å²) in [7, 11) is 0. The van der Waals surface area contributed by atoms with E-state index in [-0.39, 0.29) is 25.1 Å². The summed E-state index contributed by atoms with van der Waals surface area (Å²) in [5, 5.41) is 20.5. The van der Waals surface area contributed by atoms with Gasteiger partial charge in [-0.1, -0.05) is 6.42 Å². The van der Waals surface area contributed by atoms with Crippen LogP contribution in [0.1, 0.15) is 32.6 Å². The lowest BCUT2D eigenvalue weighted by Gasteiger charge is -2.47. The van der Waals surface area contributed by atoms with Crippen LogP contribution < -0.4 is 5.32 Å². The summed E-state index contributed by atoms with van der Waals surface area (Å²) < 4.78 is 0. The number of carboxylic acids is 1. The molecule has 2 unspecified atom stereocenters. The lowest BCUT2D eigenvalue weighted by Crippen LogP contribution is -2.62. The molecule has 2 fully saturated rings. The molecular weight excluding hydrogens is 274 g/mol. The zero-order chi connectivity index (χ0) is 15.4. The molecule has 7 nitrogen and oxygen atoms in total. The van der Waals surface area contributed by atoms with Crippen LogP contribution in [0.25, 0.3) is 0 Å². The number of rotatable bonds is 4. The molecule has 3 atom stereocenters. The van der Waals surface area contributed by atoms with Crippen molar-refractivity contribution >= 4 is 12.0 Å². The number of carbonyl (C=O) groups excluding carboxylic acids is 1. The van der Waals surface area contributed by atoms with Gasteiger partial charge in [0.25, 0.3) is 0 Å². The van der Waals surface area contributed by atoms with Crippen LogP contribution in [0.15, 0.2) is 0 Å². The molecule has 2 heterocycles. The molecule has 2 amide bonds. The second kappa shape index (κ2) is 7.09. The van der Waals surface area contributed by atoms with Gasteiger partial charge >= 0.3 is 12.0 Å². The number of amides is 2. The van der Waals surface area contributed by atoms with Crippen molar-refractivity contribution < 1.29 is 19.8 Å². The number of aliphatic hydroxyl groups excluding tert-OH is 1. The molecule has 2 rings (SSSR count). The number of piperazine rings is 1. The first-order valence-electron chi connectivity index (χ1n) is 7.67. The van der Waals surface area contributed by atoms with Crippen LogP contribution >= 0.6 is 0 Å². The molecule has 120 valence electrons. The second-order valence-corrected chi connectivity index (χ2v) is 6.00. The Labute approximate surface area is 124 Å². The average molecular weight is 299 g/mol. The molecule has 21 heavy (non-hydrogen) atoms. The van der Waals surface area contributed by atoms with Crippen LogP contribution in [0, 0.1) is 0 Å². The van der Waals surface area contributed by atoms with Gasteiger partial charge in [0.2, 0.25) is 0 Å². The van der Waals surface area contributed by atoms with Crippen LogP contribution in [0.4, 0.5) is 4.79 Å². The highest BCUT2D eigenvalue weighted by Gasteiger charge is 2.36. The van der Waals surface area contributed by atoms with Gasteiger partial charge in [0.15, 0.2) is 0 Å². The Morgan fingerprint density at radius 1 is 1.33 bits per heavy atom. The third-order valence-corrected chi connectivity index (χ3v) is 4.46. The van der Waals surface area contributed by atoms with Gasteiger partial charge in [-0.25, -0.2) is 9.59 Å². The van der Waals surface area contributed by atoms with Gasteiger partial charge in [0.05, 0.1) is 0 Å². The zero-order valence-corrected chi connectivity index (χ0v) is 12.5. The summed E-state index contributed by atoms with van der Waals surface area (Å²) in [6, 6.07) is -0.905. The number of carbonyl (C=O) groups is 2. The third-order valence-electron chi connectivity index (χ3n) is 4.46. The summed E-state index contributed by atoms with van der Waals surface area (Å²) in [5.41, 5.74) is 0. The van der Waals surface area contributed by atoms with Gasteiger partial charge in [0, 0.05) is 38.2 Å². The van der Waals surface area contributed by atoms with Crippen LogP contribution in [0.2, 0.25) is 0 Å². The molecule has 0 saturated carbocycles. The van der Waals surface area contributed by atoms with E-state index in [0.29, 0.717) is 12.6 Å². The number of carboxylic acid groups (broad SMARTS) is 1. The maximum atomic E-state index is 12.3. The topological polar surface area (TPSA) is 93.1 Å². The molecule has 7 heteroatoms. The van der Waals surface area contributed by atoms with Crippen LogP contribution in [0.5, 0.6) is 0 Å². The Hall–Kier alpha value is -1.34. The Morgan fingerprint density at radius 2 is 2.10 bits per heavy atom. The largest absolute Gasteiger partial charge is 0.480 e. The minimum Gasteiger partial charge on any atom is -0.480 e. The van der Waals surface area contributed by atoms with Gasteiger partial charge in [-0.05, 0) is 26.3 Å². The Morgan fingerprint density at radius 3 is 2.76 bits per heavy atom. The fraction of sp³-hybridized carbons (Fsp3) is 0.857. The number of nitrogens with one attached hydrogen (secondary N) is 1. The van der Waals surface area contributed by atoms with Gasteiger partial charge in [-0.15, -0.1) is 0 Å². The van der Waals surface area contributed by atoms with E-state index in [9.17, 15) is 9.59 Å². The van der Waals surface area contributed by atoms with Crippen molar-refractivity contribution in [3.05, 3.63) is 0 Å². The summed E-state index contributed by atoms with van der Waals surface area (Å²) in [4.78, 5) is 27.6. The van der Waals surface area contributed by atoms with Crippen molar-refractivity contribution in [3.63, 3.8) is 0 Å². The highest BCUT2D eigenvalue weighted by atomic mass is 16.4. The van der Waals surface area contributed by atoms with E-state index in [0.717, 1.165) is 19.5 Å². The second-order valence-electron chi connectivity index (χ2n) is 6.00. The van der Waals surface area contributed by atoms with Gasteiger partial charge in [-0.2, -0.15) is 0 Å². The minimum atomic E-state index is -1.11. The normalized spacial score (nSPS) is 27.8. The summed E-state index contributed by atoms with van der Waals surface area (Å²) in [6.45, 7) is 4.32. The van der Waals surface area contributed by atoms with E-state index in [4.69, 9.17) is 10.2 Å². The van der Waals surface area contributed by atoms with Crippen LogP contribution in [0.3, 0.4) is 0 Å². The standard InChI is InChI=1S/C14H25N3O4/c1-10-8-16-6-3-2-4-11(16)9-17(10)14(21)15-12(5-7-18)13(19)20/h10-12,18H,2-9H2,1H3,(H,15,21)(H,19,20)/t10?,11?,12-/m0/s1. The lowest BCUT2D eigenvalue weighted by molar-refractivity contribution is -0.139. The number of nitrogens with zero attached hydrogens (tertiary/aromatic N) is 2. The molecule has 2 saturated heterocycles. The van der Waals surface area contributed by atoms with Gasteiger partial charge in [-0.3, -0.25) is 4.90 Å². The minimum absolute atomic E-state index is 0.0266. The quantitative estimate of drug-likeness (QED) is 0.684. The fourth-order valence-corrected chi connectivity index (χ4v) is 3.25. The van der Waals surface area contributed by atoms with Crippen molar-refractivity contribution in [2.75, 3.05) is 26.2 Å². The van der Waals surface area contributed by atoms with E-state index in [1.165, 1.54) is 12.8 Å². The Bertz CT molecular complexity index is 390. The zero-order valence-electron chi connectivity index (χ0n) is 12.5. The highest BCUT2D eigenvalue weighted by molar-refractivity contribution is 5.82. The van der Waals surface area contributed by atoms with Crippen LogP contribution in [-0.4, -0.2) is 76.4 Å². The molecule has 0 radical (unpaired) electrons. The first-order valence-corrected chi connectivity index (χ1v) is 7.67. The Balaban J connectivity index is 1.96. The third kappa shape index (κ3) is 3.85. The number of aliphatic hydroxyl groups is 1. The van der Waals surface area contributed by atoms with E-state index in [1.54, 1.807) is 4.90 Å². The highest BCUT2D eigenvalue weighted by Crippen LogP contribution is 2.24. The first kappa shape index (κ1) is 16.0. The molecule has 0 aromatic heterocycles. The maximum absolute atomic E-state index is 12.3. The number of aliphatic carboxylic acids is 1. The van der Waals surface area contributed by atoms with Crippen molar-refractivity contribution in [2.24, 2.45) is 0 Å². The predicted molar refractivity (Wildman–Crippen MR) is 77.0 cm³/mol. The van der Waals surface area contributed by atoms with Crippen molar-refractivity contribution in [2.45, 2.75) is 50.7 Å². The monoisotopic (exact) mass is 299 g/mol. The Kier molecular flexibility index (Phi) is 5.41. The number of hydrogen-bond donors (Lipinski definition) is 3. The van der Waals surface area contributed by atoms with Gasteiger partial charge < -0.3 is 20.4 Å². The molecule has 0 aromatic carbocycles. The van der Waals surface area contributed by atoms with Gasteiger partial charge in [0.1, 0.15) is 6.04 Å². The molecule has 0 bridgehead atoms. The number of piperidine rings is 1.